The monoisotopic (exact) mass is 345 g/mol. The van der Waals surface area contributed by atoms with E-state index in [1.165, 1.54) is 10.6 Å². The molecule has 25 heavy (non-hydrogen) atoms. The first-order chi connectivity index (χ1) is 11.8. The summed E-state index contributed by atoms with van der Waals surface area (Å²) in [4.78, 5) is 30.5. The first kappa shape index (κ1) is 17.3. The van der Waals surface area contributed by atoms with Gasteiger partial charge in [-0.05, 0) is 6.07 Å². The number of hydrogen-bond acceptors (Lipinski definition) is 5. The van der Waals surface area contributed by atoms with E-state index in [0.29, 0.717) is 31.3 Å². The molecular formula is C17H23N5O3. The molecule has 1 saturated heterocycles. The van der Waals surface area contributed by atoms with Crippen molar-refractivity contribution in [1.82, 2.24) is 24.6 Å². The van der Waals surface area contributed by atoms with Crippen LogP contribution in [0, 0.1) is 0 Å². The molecule has 2 aromatic rings. The number of ether oxygens (including phenoxy) is 1. The SMILES string of the molecule is CC(C)(C)c1n[nH]c([C@@H]2CN(C(=O)Cn3ccccc3=O)CCO2)n1. The van der Waals surface area contributed by atoms with Crippen molar-refractivity contribution in [3.05, 3.63) is 46.4 Å². The minimum absolute atomic E-state index is 0.0238. The van der Waals surface area contributed by atoms with Crippen molar-refractivity contribution in [2.45, 2.75) is 38.8 Å². The minimum atomic E-state index is -0.339. The highest BCUT2D eigenvalue weighted by molar-refractivity contribution is 5.76. The number of carbonyl (C=O) groups excluding carboxylic acids is 1. The van der Waals surface area contributed by atoms with Crippen molar-refractivity contribution in [1.29, 1.82) is 0 Å². The molecule has 1 N–H and O–H groups in total. The normalized spacial score (nSPS) is 18.4. The van der Waals surface area contributed by atoms with Gasteiger partial charge in [0.25, 0.3) is 5.56 Å². The van der Waals surface area contributed by atoms with Crippen LogP contribution in [0.15, 0.2) is 29.2 Å². The number of aromatic nitrogens is 4. The van der Waals surface area contributed by atoms with Gasteiger partial charge in [0.15, 0.2) is 11.6 Å². The Morgan fingerprint density at radius 1 is 1.40 bits per heavy atom. The van der Waals surface area contributed by atoms with E-state index in [2.05, 4.69) is 15.2 Å². The van der Waals surface area contributed by atoms with E-state index in [0.717, 1.165) is 0 Å². The van der Waals surface area contributed by atoms with Crippen LogP contribution in [0.2, 0.25) is 0 Å². The van der Waals surface area contributed by atoms with Gasteiger partial charge >= 0.3 is 0 Å². The molecule has 1 fully saturated rings. The summed E-state index contributed by atoms with van der Waals surface area (Å²) in [6.07, 6.45) is 1.28. The third-order valence-electron chi connectivity index (χ3n) is 4.10. The maximum absolute atomic E-state index is 12.5. The fraction of sp³-hybridized carbons (Fsp3) is 0.529. The molecule has 1 atom stereocenters. The Labute approximate surface area is 145 Å². The van der Waals surface area contributed by atoms with Crippen LogP contribution in [-0.2, 0) is 21.5 Å². The second-order valence-corrected chi connectivity index (χ2v) is 7.16. The smallest absolute Gasteiger partial charge is 0.250 e. The Kier molecular flexibility index (Phi) is 4.71. The van der Waals surface area contributed by atoms with E-state index in [-0.39, 0.29) is 29.5 Å². The van der Waals surface area contributed by atoms with Gasteiger partial charge in [-0.15, -0.1) is 0 Å². The number of H-pyrrole nitrogens is 1. The largest absolute Gasteiger partial charge is 0.367 e. The number of hydrogen-bond donors (Lipinski definition) is 1. The van der Waals surface area contributed by atoms with E-state index in [1.807, 2.05) is 20.8 Å². The quantitative estimate of drug-likeness (QED) is 0.891. The van der Waals surface area contributed by atoms with Crippen molar-refractivity contribution < 1.29 is 9.53 Å². The summed E-state index contributed by atoms with van der Waals surface area (Å²) in [7, 11) is 0. The third kappa shape index (κ3) is 3.96. The van der Waals surface area contributed by atoms with Crippen molar-refractivity contribution in [2.24, 2.45) is 0 Å². The summed E-state index contributed by atoms with van der Waals surface area (Å²) < 4.78 is 7.15. The first-order valence-corrected chi connectivity index (χ1v) is 8.32. The molecule has 0 aromatic carbocycles. The molecule has 1 amide bonds. The Balaban J connectivity index is 1.68. The van der Waals surface area contributed by atoms with Gasteiger partial charge in [0.05, 0.1) is 13.2 Å². The van der Waals surface area contributed by atoms with E-state index < -0.39 is 0 Å². The van der Waals surface area contributed by atoms with Crippen molar-refractivity contribution in [3.8, 4) is 0 Å². The molecule has 0 saturated carbocycles. The number of carbonyl (C=O) groups is 1. The van der Waals surface area contributed by atoms with Gasteiger partial charge in [0.1, 0.15) is 12.6 Å². The minimum Gasteiger partial charge on any atom is -0.367 e. The molecule has 0 unspecified atom stereocenters. The zero-order chi connectivity index (χ0) is 18.0. The average Bonchev–Trinajstić information content (AvgIpc) is 3.07. The summed E-state index contributed by atoms with van der Waals surface area (Å²) >= 11 is 0. The molecular weight excluding hydrogens is 322 g/mol. The standard InChI is InChI=1S/C17H23N5O3/c1-17(2,3)16-18-15(19-20-16)12-10-22(8-9-25-12)14(24)11-21-7-5-4-6-13(21)23/h4-7,12H,8-11H2,1-3H3,(H,18,19,20)/t12-/m0/s1. The summed E-state index contributed by atoms with van der Waals surface area (Å²) in [6.45, 7) is 7.44. The van der Waals surface area contributed by atoms with Gasteiger partial charge in [-0.2, -0.15) is 5.10 Å². The zero-order valence-electron chi connectivity index (χ0n) is 14.7. The number of rotatable bonds is 3. The highest BCUT2D eigenvalue weighted by Gasteiger charge is 2.29. The van der Waals surface area contributed by atoms with Gasteiger partial charge in [-0.1, -0.05) is 26.8 Å². The fourth-order valence-corrected chi connectivity index (χ4v) is 2.63. The first-order valence-electron chi connectivity index (χ1n) is 8.32. The van der Waals surface area contributed by atoms with Gasteiger partial charge in [0.2, 0.25) is 5.91 Å². The fourth-order valence-electron chi connectivity index (χ4n) is 2.63. The zero-order valence-corrected chi connectivity index (χ0v) is 14.7. The molecule has 0 aliphatic carbocycles. The van der Waals surface area contributed by atoms with Crippen LogP contribution >= 0.6 is 0 Å². The van der Waals surface area contributed by atoms with E-state index >= 15 is 0 Å². The maximum atomic E-state index is 12.5. The van der Waals surface area contributed by atoms with Crippen LogP contribution in [-0.4, -0.2) is 50.3 Å². The molecule has 0 radical (unpaired) electrons. The number of nitrogens with zero attached hydrogens (tertiary/aromatic N) is 4. The molecule has 2 aromatic heterocycles. The topological polar surface area (TPSA) is 93.1 Å². The van der Waals surface area contributed by atoms with Gasteiger partial charge < -0.3 is 14.2 Å². The summed E-state index contributed by atoms with van der Waals surface area (Å²) in [5.74, 6) is 1.22. The maximum Gasteiger partial charge on any atom is 0.250 e. The number of aromatic amines is 1. The average molecular weight is 345 g/mol. The second-order valence-electron chi connectivity index (χ2n) is 7.16. The summed E-state index contributed by atoms with van der Waals surface area (Å²) in [6, 6.07) is 4.84. The molecule has 1 aliphatic heterocycles. The number of amides is 1. The van der Waals surface area contributed by atoms with E-state index in [9.17, 15) is 9.59 Å². The lowest BCUT2D eigenvalue weighted by Gasteiger charge is -2.32. The van der Waals surface area contributed by atoms with Crippen LogP contribution in [0.25, 0.3) is 0 Å². The molecule has 8 nitrogen and oxygen atoms in total. The van der Waals surface area contributed by atoms with Gasteiger partial charge in [-0.3, -0.25) is 14.7 Å². The molecule has 0 spiro atoms. The Morgan fingerprint density at radius 2 is 2.20 bits per heavy atom. The molecule has 134 valence electrons. The van der Waals surface area contributed by atoms with Crippen LogP contribution in [0.4, 0.5) is 0 Å². The lowest BCUT2D eigenvalue weighted by atomic mass is 9.96. The second kappa shape index (κ2) is 6.79. The summed E-state index contributed by atoms with van der Waals surface area (Å²) in [5, 5.41) is 7.17. The molecule has 8 heteroatoms. The lowest BCUT2D eigenvalue weighted by Crippen LogP contribution is -2.44. The number of nitrogens with one attached hydrogen (secondary N) is 1. The predicted octanol–water partition coefficient (Wildman–Crippen LogP) is 0.864. The van der Waals surface area contributed by atoms with Gasteiger partial charge in [-0.25, -0.2) is 4.98 Å². The van der Waals surface area contributed by atoms with E-state index in [4.69, 9.17) is 4.74 Å². The number of morpholine rings is 1. The van der Waals surface area contributed by atoms with Crippen molar-refractivity contribution in [2.75, 3.05) is 19.7 Å². The van der Waals surface area contributed by atoms with Crippen molar-refractivity contribution >= 4 is 5.91 Å². The highest BCUT2D eigenvalue weighted by atomic mass is 16.5. The van der Waals surface area contributed by atoms with E-state index in [1.54, 1.807) is 23.2 Å². The van der Waals surface area contributed by atoms with Gasteiger partial charge in [0, 0.05) is 24.2 Å². The number of pyridine rings is 1. The Hall–Kier alpha value is -2.48. The van der Waals surface area contributed by atoms with Crippen LogP contribution < -0.4 is 5.56 Å². The molecule has 1 aliphatic rings. The molecule has 0 bridgehead atoms. The molecule has 3 rings (SSSR count). The summed E-state index contributed by atoms with van der Waals surface area (Å²) in [5.41, 5.74) is -0.348. The van der Waals surface area contributed by atoms with Crippen LogP contribution in [0.5, 0.6) is 0 Å². The van der Waals surface area contributed by atoms with Crippen LogP contribution in [0.1, 0.15) is 38.5 Å². The lowest BCUT2D eigenvalue weighted by molar-refractivity contribution is -0.140. The molecule has 3 heterocycles. The predicted molar refractivity (Wildman–Crippen MR) is 91.1 cm³/mol. The Morgan fingerprint density at radius 3 is 2.88 bits per heavy atom. The highest BCUT2D eigenvalue weighted by Crippen LogP contribution is 2.23. The van der Waals surface area contributed by atoms with Crippen molar-refractivity contribution in [3.63, 3.8) is 0 Å². The Bertz CT molecular complexity index is 805. The van der Waals surface area contributed by atoms with Crippen LogP contribution in [0.3, 0.4) is 0 Å². The third-order valence-corrected chi connectivity index (χ3v) is 4.10.